The molecule has 1 aliphatic heterocycles. The quantitative estimate of drug-likeness (QED) is 0.635. The maximum atomic E-state index is 13.6. The monoisotopic (exact) mass is 321 g/mol. The van der Waals surface area contributed by atoms with Crippen molar-refractivity contribution < 1.29 is 4.79 Å². The third kappa shape index (κ3) is 2.76. The van der Waals surface area contributed by atoms with Crippen molar-refractivity contribution in [3.8, 4) is 0 Å². The van der Waals surface area contributed by atoms with E-state index in [4.69, 9.17) is 0 Å². The molecule has 0 fully saturated rings. The molecule has 1 rings (SSSR count). The van der Waals surface area contributed by atoms with E-state index in [0.29, 0.717) is 11.8 Å². The van der Waals surface area contributed by atoms with Gasteiger partial charge in [0.2, 0.25) is 5.91 Å². The van der Waals surface area contributed by atoms with E-state index in [1.54, 1.807) is 0 Å². The Morgan fingerprint density at radius 2 is 1.17 bits per heavy atom. The number of allylic oxidation sites excluding steroid dienone is 2. The van der Waals surface area contributed by atoms with Gasteiger partial charge in [0.1, 0.15) is 0 Å². The number of rotatable bonds is 3. The van der Waals surface area contributed by atoms with Gasteiger partial charge in [-0.3, -0.25) is 4.79 Å². The fraction of sp³-hybridized carbons (Fsp3) is 0.857. The summed E-state index contributed by atoms with van der Waals surface area (Å²) in [5.74, 6) is 1.03. The molecule has 2 nitrogen and oxygen atoms in total. The second-order valence-electron chi connectivity index (χ2n) is 9.75. The summed E-state index contributed by atoms with van der Waals surface area (Å²) >= 11 is 0. The van der Waals surface area contributed by atoms with Gasteiger partial charge in [-0.2, -0.15) is 0 Å². The summed E-state index contributed by atoms with van der Waals surface area (Å²) < 4.78 is 0. The zero-order valence-corrected chi connectivity index (χ0v) is 17.6. The van der Waals surface area contributed by atoms with Gasteiger partial charge in [0.15, 0.2) is 0 Å². The Bertz CT molecular complexity index is 504. The SMILES string of the molecule is CC(C)C1=C(C(C)C)C(C)(C)C(C)(C)C(C)(C)C(=O)N1C(C)C. The van der Waals surface area contributed by atoms with E-state index >= 15 is 0 Å². The molecule has 1 amide bonds. The van der Waals surface area contributed by atoms with E-state index in [1.165, 1.54) is 11.3 Å². The fourth-order valence-electron chi connectivity index (χ4n) is 4.37. The molecule has 2 heteroatoms. The first kappa shape index (κ1) is 20.3. The minimum absolute atomic E-state index is 0.0520. The van der Waals surface area contributed by atoms with Gasteiger partial charge in [0, 0.05) is 11.7 Å². The summed E-state index contributed by atoms with van der Waals surface area (Å²) in [4.78, 5) is 15.7. The van der Waals surface area contributed by atoms with Crippen molar-refractivity contribution in [3.63, 3.8) is 0 Å². The summed E-state index contributed by atoms with van der Waals surface area (Å²) in [6.45, 7) is 26.8. The van der Waals surface area contributed by atoms with Crippen molar-refractivity contribution in [3.05, 3.63) is 11.3 Å². The number of carbonyl (C=O) groups excluding carboxylic acids is 1. The van der Waals surface area contributed by atoms with Crippen LogP contribution in [0.25, 0.3) is 0 Å². The van der Waals surface area contributed by atoms with E-state index in [2.05, 4.69) is 88.0 Å². The van der Waals surface area contributed by atoms with Crippen LogP contribution >= 0.6 is 0 Å². The summed E-state index contributed by atoms with van der Waals surface area (Å²) in [6, 6.07) is 0.178. The lowest BCUT2D eigenvalue weighted by Crippen LogP contribution is -2.52. The predicted octanol–water partition coefficient (Wildman–Crippen LogP) is 5.88. The molecule has 0 radical (unpaired) electrons. The molecule has 0 saturated heterocycles. The maximum Gasteiger partial charge on any atom is 0.233 e. The molecule has 0 saturated carbocycles. The van der Waals surface area contributed by atoms with Crippen molar-refractivity contribution in [2.45, 2.75) is 89.1 Å². The molecular formula is C21H39NO. The largest absolute Gasteiger partial charge is 0.313 e. The third-order valence-electron chi connectivity index (χ3n) is 6.73. The van der Waals surface area contributed by atoms with Crippen LogP contribution < -0.4 is 0 Å². The molecule has 134 valence electrons. The number of hydrogen-bond donors (Lipinski definition) is 0. The van der Waals surface area contributed by atoms with Gasteiger partial charge < -0.3 is 4.90 Å². The number of hydrogen-bond acceptors (Lipinski definition) is 1. The Morgan fingerprint density at radius 3 is 1.48 bits per heavy atom. The molecule has 0 atom stereocenters. The third-order valence-corrected chi connectivity index (χ3v) is 6.73. The highest BCUT2D eigenvalue weighted by Crippen LogP contribution is 2.60. The summed E-state index contributed by atoms with van der Waals surface area (Å²) in [5.41, 5.74) is 2.09. The Hall–Kier alpha value is -0.790. The van der Waals surface area contributed by atoms with Crippen molar-refractivity contribution in [2.24, 2.45) is 28.1 Å². The molecule has 0 unspecified atom stereocenters. The molecular weight excluding hydrogens is 282 g/mol. The lowest BCUT2D eigenvalue weighted by atomic mass is 9.51. The maximum absolute atomic E-state index is 13.6. The van der Waals surface area contributed by atoms with Crippen molar-refractivity contribution in [1.29, 1.82) is 0 Å². The van der Waals surface area contributed by atoms with Crippen LogP contribution in [0.4, 0.5) is 0 Å². The van der Waals surface area contributed by atoms with Crippen LogP contribution in [-0.4, -0.2) is 16.8 Å². The molecule has 0 bridgehead atoms. The van der Waals surface area contributed by atoms with E-state index in [9.17, 15) is 4.79 Å². The Kier molecular flexibility index (Phi) is 5.23. The first-order valence-electron chi connectivity index (χ1n) is 9.20. The number of nitrogens with zero attached hydrogens (tertiary/aromatic N) is 1. The average Bonchev–Trinajstić information content (AvgIpc) is 2.37. The zero-order chi connectivity index (χ0) is 18.5. The van der Waals surface area contributed by atoms with Gasteiger partial charge in [-0.05, 0) is 42.1 Å². The van der Waals surface area contributed by atoms with Crippen LogP contribution in [0, 0.1) is 28.1 Å². The van der Waals surface area contributed by atoms with Crippen LogP contribution in [0.1, 0.15) is 83.1 Å². The van der Waals surface area contributed by atoms with E-state index in [-0.39, 0.29) is 22.8 Å². The van der Waals surface area contributed by atoms with E-state index < -0.39 is 5.41 Å². The molecule has 0 spiro atoms. The van der Waals surface area contributed by atoms with Crippen LogP contribution in [-0.2, 0) is 4.79 Å². The van der Waals surface area contributed by atoms with Crippen LogP contribution in [0.15, 0.2) is 11.3 Å². The molecule has 1 heterocycles. The topological polar surface area (TPSA) is 20.3 Å². The highest BCUT2D eigenvalue weighted by Gasteiger charge is 2.58. The fourth-order valence-corrected chi connectivity index (χ4v) is 4.37. The Morgan fingerprint density at radius 1 is 0.739 bits per heavy atom. The summed E-state index contributed by atoms with van der Waals surface area (Å²) in [5, 5.41) is 0. The van der Waals surface area contributed by atoms with Crippen LogP contribution in [0.3, 0.4) is 0 Å². The Balaban J connectivity index is 3.97. The lowest BCUT2D eigenvalue weighted by molar-refractivity contribution is -0.149. The van der Waals surface area contributed by atoms with E-state index in [1.807, 2.05) is 0 Å². The molecule has 1 aliphatic rings. The van der Waals surface area contributed by atoms with Crippen molar-refractivity contribution in [1.82, 2.24) is 4.90 Å². The smallest absolute Gasteiger partial charge is 0.233 e. The average molecular weight is 322 g/mol. The van der Waals surface area contributed by atoms with Crippen molar-refractivity contribution in [2.75, 3.05) is 0 Å². The van der Waals surface area contributed by atoms with Crippen molar-refractivity contribution >= 4 is 5.91 Å². The van der Waals surface area contributed by atoms with Gasteiger partial charge in [0.25, 0.3) is 0 Å². The zero-order valence-electron chi connectivity index (χ0n) is 17.6. The molecule has 0 aromatic heterocycles. The van der Waals surface area contributed by atoms with Crippen LogP contribution in [0.2, 0.25) is 0 Å². The number of carbonyl (C=O) groups is 1. The molecule has 0 N–H and O–H groups in total. The van der Waals surface area contributed by atoms with Gasteiger partial charge in [-0.1, -0.05) is 69.2 Å². The second kappa shape index (κ2) is 5.93. The highest BCUT2D eigenvalue weighted by molar-refractivity contribution is 5.86. The number of amides is 1. The first-order valence-corrected chi connectivity index (χ1v) is 9.20. The van der Waals surface area contributed by atoms with Gasteiger partial charge in [-0.25, -0.2) is 0 Å². The van der Waals surface area contributed by atoms with E-state index in [0.717, 1.165) is 0 Å². The molecule has 0 aromatic rings. The summed E-state index contributed by atoms with van der Waals surface area (Å²) in [7, 11) is 0. The molecule has 0 aromatic carbocycles. The highest BCUT2D eigenvalue weighted by atomic mass is 16.2. The van der Waals surface area contributed by atoms with Gasteiger partial charge >= 0.3 is 0 Å². The predicted molar refractivity (Wildman–Crippen MR) is 100 cm³/mol. The minimum Gasteiger partial charge on any atom is -0.313 e. The van der Waals surface area contributed by atoms with Gasteiger partial charge in [-0.15, -0.1) is 0 Å². The second-order valence-corrected chi connectivity index (χ2v) is 9.75. The standard InChI is InChI=1S/C21H39NO/c1-13(2)16-17(14(3)4)22(15(5)6)18(23)20(9,10)21(11,12)19(16,7)8/h13-15H,1-12H3. The minimum atomic E-state index is -0.419. The molecule has 0 aliphatic carbocycles. The first-order chi connectivity index (χ1) is 10.1. The normalized spacial score (nSPS) is 24.0. The lowest BCUT2D eigenvalue weighted by Gasteiger charge is -2.51. The van der Waals surface area contributed by atoms with Gasteiger partial charge in [0.05, 0.1) is 5.41 Å². The molecule has 23 heavy (non-hydrogen) atoms. The van der Waals surface area contributed by atoms with Crippen LogP contribution in [0.5, 0.6) is 0 Å². The summed E-state index contributed by atoms with van der Waals surface area (Å²) in [6.07, 6.45) is 0. The Labute approximate surface area is 144 Å².